The van der Waals surface area contributed by atoms with Crippen molar-refractivity contribution in [2.75, 3.05) is 0 Å². The van der Waals surface area contributed by atoms with Crippen LogP contribution in [0.1, 0.15) is 121 Å². The zero-order valence-corrected chi connectivity index (χ0v) is 27.7. The second-order valence-electron chi connectivity index (χ2n) is 14.1. The minimum absolute atomic E-state index is 0.336. The van der Waals surface area contributed by atoms with E-state index in [0.29, 0.717) is 22.7 Å². The predicted molar refractivity (Wildman–Crippen MR) is 181 cm³/mol. The van der Waals surface area contributed by atoms with E-state index in [9.17, 15) is 0 Å². The van der Waals surface area contributed by atoms with Crippen LogP contribution in [0, 0.1) is 22.7 Å². The van der Waals surface area contributed by atoms with Crippen LogP contribution in [0.3, 0.4) is 0 Å². The van der Waals surface area contributed by atoms with Gasteiger partial charge in [0.15, 0.2) is 0 Å². The Morgan fingerprint density at radius 3 is 2.30 bits per heavy atom. The third-order valence-electron chi connectivity index (χ3n) is 9.07. The zero-order chi connectivity index (χ0) is 29.8. The van der Waals surface area contributed by atoms with Crippen LogP contribution in [0.4, 0.5) is 0 Å². The van der Waals surface area contributed by atoms with Gasteiger partial charge in [-0.2, -0.15) is 0 Å². The van der Waals surface area contributed by atoms with Crippen LogP contribution in [-0.2, 0) is 0 Å². The van der Waals surface area contributed by atoms with E-state index in [1.807, 2.05) is 0 Å². The molecule has 0 spiro atoms. The van der Waals surface area contributed by atoms with Crippen molar-refractivity contribution >= 4 is 0 Å². The lowest BCUT2D eigenvalue weighted by molar-refractivity contribution is 0.255. The lowest BCUT2D eigenvalue weighted by Gasteiger charge is -2.36. The van der Waals surface area contributed by atoms with E-state index in [4.69, 9.17) is 0 Å². The fraction of sp³-hybridized carbons (Fsp3) is 0.550. The molecule has 0 heteroatoms. The van der Waals surface area contributed by atoms with Gasteiger partial charge in [0.25, 0.3) is 0 Å². The molecule has 0 nitrogen and oxygen atoms in total. The molecule has 0 aromatic heterocycles. The highest BCUT2D eigenvalue weighted by atomic mass is 14.3. The lowest BCUT2D eigenvalue weighted by Crippen LogP contribution is -2.26. The highest BCUT2D eigenvalue weighted by molar-refractivity contribution is 5.33. The van der Waals surface area contributed by atoms with Gasteiger partial charge >= 0.3 is 0 Å². The van der Waals surface area contributed by atoms with Crippen LogP contribution < -0.4 is 0 Å². The third-order valence-corrected chi connectivity index (χ3v) is 9.07. The normalized spacial score (nSPS) is 23.7. The molecule has 0 heterocycles. The van der Waals surface area contributed by atoms with E-state index in [0.717, 1.165) is 0 Å². The maximum atomic E-state index is 2.45. The van der Waals surface area contributed by atoms with E-state index in [-0.39, 0.29) is 0 Å². The molecule has 0 saturated carbocycles. The van der Waals surface area contributed by atoms with Gasteiger partial charge < -0.3 is 0 Å². The largest absolute Gasteiger partial charge is 0.0850 e. The van der Waals surface area contributed by atoms with Gasteiger partial charge in [-0.15, -0.1) is 0 Å². The summed E-state index contributed by atoms with van der Waals surface area (Å²) in [5, 5.41) is 0. The maximum Gasteiger partial charge on any atom is 0.00285 e. The summed E-state index contributed by atoms with van der Waals surface area (Å²) < 4.78 is 0. The Balaban J connectivity index is 1.77. The van der Waals surface area contributed by atoms with Gasteiger partial charge in [0.2, 0.25) is 0 Å². The average molecular weight is 541 g/mol. The van der Waals surface area contributed by atoms with Gasteiger partial charge in [-0.25, -0.2) is 0 Å². The van der Waals surface area contributed by atoms with Gasteiger partial charge in [-0.3, -0.25) is 0 Å². The molecule has 0 amide bonds. The quantitative estimate of drug-likeness (QED) is 0.170. The molecule has 0 aromatic rings. The summed E-state index contributed by atoms with van der Waals surface area (Å²) in [4.78, 5) is 0. The fourth-order valence-corrected chi connectivity index (χ4v) is 6.27. The second-order valence-corrected chi connectivity index (χ2v) is 14.1. The Kier molecular flexibility index (Phi) is 13.7. The number of rotatable bonds is 12. The molecule has 0 fully saturated rings. The first kappa shape index (κ1) is 33.9. The molecule has 0 saturated heterocycles. The minimum Gasteiger partial charge on any atom is -0.0850 e. The number of hydrogen-bond donors (Lipinski definition) is 0. The van der Waals surface area contributed by atoms with E-state index >= 15 is 0 Å². The van der Waals surface area contributed by atoms with Crippen LogP contribution >= 0.6 is 0 Å². The predicted octanol–water partition coefficient (Wildman–Crippen LogP) is 12.8. The van der Waals surface area contributed by atoms with Gasteiger partial charge in [0.1, 0.15) is 0 Å². The van der Waals surface area contributed by atoms with E-state index < -0.39 is 0 Å². The first-order chi connectivity index (χ1) is 18.8. The van der Waals surface area contributed by atoms with Crippen LogP contribution in [0.25, 0.3) is 0 Å². The Morgan fingerprint density at radius 1 is 0.925 bits per heavy atom. The molecule has 2 atom stereocenters. The van der Waals surface area contributed by atoms with Crippen molar-refractivity contribution in [2.45, 2.75) is 121 Å². The second kappa shape index (κ2) is 16.2. The maximum absolute atomic E-state index is 2.45. The molecule has 40 heavy (non-hydrogen) atoms. The van der Waals surface area contributed by atoms with Crippen molar-refractivity contribution in [3.05, 3.63) is 106 Å². The highest BCUT2D eigenvalue weighted by Gasteiger charge is 2.30. The molecule has 0 aromatic carbocycles. The van der Waals surface area contributed by atoms with E-state index in [2.05, 4.69) is 142 Å². The Bertz CT molecular complexity index is 1100. The molecular formula is C40H60. The van der Waals surface area contributed by atoms with E-state index in [1.165, 1.54) is 73.7 Å². The van der Waals surface area contributed by atoms with Crippen molar-refractivity contribution in [3.8, 4) is 0 Å². The molecule has 0 radical (unpaired) electrons. The third kappa shape index (κ3) is 11.6. The molecule has 2 rings (SSSR count). The monoisotopic (exact) mass is 540 g/mol. The van der Waals surface area contributed by atoms with Crippen LogP contribution in [-0.4, -0.2) is 0 Å². The summed E-state index contributed by atoms with van der Waals surface area (Å²) >= 11 is 0. The standard InChI is InChI=1S/C40H60/c1-31(19-13-21-33(3)25-27-37-35(5)23-15-29-39(37,7)8)17-11-12-18-32(2)20-14-22-34(4)26-28-38-36(6)24-16-30-40(38,9)10/h11-13,17-19,21,23,25-28,34,37H,14-16,20,22,24,29-30H2,1-10H3/b12-11+,19-13+,27-25-,28-26+,31-17+,32-18+,33-21+/t34?,37-/m0/s1. The van der Waals surface area contributed by atoms with Crippen molar-refractivity contribution in [1.82, 2.24) is 0 Å². The van der Waals surface area contributed by atoms with Crippen molar-refractivity contribution in [2.24, 2.45) is 22.7 Å². The summed E-state index contributed by atoms with van der Waals surface area (Å²) in [6.07, 6.45) is 37.4. The molecule has 0 N–H and O–H groups in total. The SMILES string of the molecule is CC1=CCCC(C)(C)[C@H]1\C=C/C(C)=C/C=C/C(C)=C/C=C/C=C(\C)CCCC(C)/C=C/C1=C(C)CCCC1(C)C. The Morgan fingerprint density at radius 2 is 1.60 bits per heavy atom. The fourth-order valence-electron chi connectivity index (χ4n) is 6.27. The molecule has 220 valence electrons. The molecule has 2 aliphatic carbocycles. The summed E-state index contributed by atoms with van der Waals surface area (Å²) in [6.45, 7) is 23.2. The average Bonchev–Trinajstić information content (AvgIpc) is 2.85. The molecule has 0 aliphatic heterocycles. The molecule has 0 bridgehead atoms. The van der Waals surface area contributed by atoms with Crippen LogP contribution in [0.5, 0.6) is 0 Å². The van der Waals surface area contributed by atoms with Crippen molar-refractivity contribution in [3.63, 3.8) is 0 Å². The molecular weight excluding hydrogens is 480 g/mol. The summed E-state index contributed by atoms with van der Waals surface area (Å²) in [5.74, 6) is 1.17. The first-order valence-corrected chi connectivity index (χ1v) is 15.9. The Hall–Kier alpha value is -2.34. The Labute approximate surface area is 249 Å². The molecule has 2 aliphatic rings. The van der Waals surface area contributed by atoms with E-state index in [1.54, 1.807) is 11.1 Å². The highest BCUT2D eigenvalue weighted by Crippen LogP contribution is 2.42. The van der Waals surface area contributed by atoms with Gasteiger partial charge in [-0.05, 0) is 108 Å². The number of allylic oxidation sites excluding steroid dienone is 18. The minimum atomic E-state index is 0.336. The lowest BCUT2D eigenvalue weighted by atomic mass is 9.68. The van der Waals surface area contributed by atoms with Crippen LogP contribution in [0.15, 0.2) is 106 Å². The summed E-state index contributed by atoms with van der Waals surface area (Å²) in [7, 11) is 0. The van der Waals surface area contributed by atoms with Gasteiger partial charge in [-0.1, -0.05) is 135 Å². The topological polar surface area (TPSA) is 0 Å². The summed E-state index contributed by atoms with van der Waals surface area (Å²) in [5.41, 5.74) is 9.38. The smallest absolute Gasteiger partial charge is 0.00285 e. The zero-order valence-electron chi connectivity index (χ0n) is 27.7. The van der Waals surface area contributed by atoms with Crippen molar-refractivity contribution in [1.29, 1.82) is 0 Å². The summed E-state index contributed by atoms with van der Waals surface area (Å²) in [6, 6.07) is 0. The number of hydrogen-bond acceptors (Lipinski definition) is 0. The van der Waals surface area contributed by atoms with Gasteiger partial charge in [0, 0.05) is 5.92 Å². The van der Waals surface area contributed by atoms with Crippen molar-refractivity contribution < 1.29 is 0 Å². The molecule has 1 unspecified atom stereocenters. The first-order valence-electron chi connectivity index (χ1n) is 15.9. The van der Waals surface area contributed by atoms with Gasteiger partial charge in [0.05, 0.1) is 0 Å². The van der Waals surface area contributed by atoms with Crippen LogP contribution in [0.2, 0.25) is 0 Å².